The number of nitro groups is 1. The fraction of sp³-hybridized carbons (Fsp3) is 0.444. The Labute approximate surface area is 155 Å². The van der Waals surface area contributed by atoms with Crippen molar-refractivity contribution in [1.29, 1.82) is 0 Å². The summed E-state index contributed by atoms with van der Waals surface area (Å²) in [6.07, 6.45) is 3.93. The zero-order valence-electron chi connectivity index (χ0n) is 14.4. The number of fused-ring (bicyclic) bond motifs is 3. The number of nitrogens with zero attached hydrogens (tertiary/aromatic N) is 3. The zero-order valence-corrected chi connectivity index (χ0v) is 15.2. The number of carbonyl (C=O) groups is 1. The molecule has 0 aliphatic carbocycles. The number of amides is 1. The maximum atomic E-state index is 12.7. The topological polar surface area (TPSA) is 88.4 Å². The second-order valence-electron chi connectivity index (χ2n) is 6.95. The van der Waals surface area contributed by atoms with Gasteiger partial charge in [0.25, 0.3) is 11.6 Å². The van der Waals surface area contributed by atoms with Gasteiger partial charge in [0, 0.05) is 30.4 Å². The number of non-ortho nitro benzene ring substituents is 1. The summed E-state index contributed by atoms with van der Waals surface area (Å²) >= 11 is 1.31. The van der Waals surface area contributed by atoms with E-state index in [1.165, 1.54) is 23.5 Å². The zero-order chi connectivity index (χ0) is 18.3. The molecule has 26 heavy (non-hydrogen) atoms. The molecule has 3 aliphatic rings. The van der Waals surface area contributed by atoms with Crippen LogP contribution in [0.5, 0.6) is 0 Å². The molecule has 5 rings (SSSR count). The van der Waals surface area contributed by atoms with Crippen LogP contribution < -0.4 is 5.32 Å². The molecular weight excluding hydrogens is 352 g/mol. The second kappa shape index (κ2) is 6.77. The monoisotopic (exact) mass is 372 g/mol. The molecule has 1 amide bonds. The van der Waals surface area contributed by atoms with E-state index in [0.29, 0.717) is 17.0 Å². The third kappa shape index (κ3) is 3.10. The van der Waals surface area contributed by atoms with E-state index in [-0.39, 0.29) is 17.6 Å². The summed E-state index contributed by atoms with van der Waals surface area (Å²) in [5, 5.41) is 14.4. The van der Waals surface area contributed by atoms with Crippen LogP contribution in [0.3, 0.4) is 0 Å². The number of nitrogens with one attached hydrogen (secondary N) is 1. The lowest BCUT2D eigenvalue weighted by Gasteiger charge is -2.49. The Bertz CT molecular complexity index is 825. The van der Waals surface area contributed by atoms with E-state index in [1.807, 2.05) is 0 Å². The van der Waals surface area contributed by atoms with Crippen molar-refractivity contribution in [3.8, 4) is 10.4 Å². The Morgan fingerprint density at radius 3 is 2.62 bits per heavy atom. The summed E-state index contributed by atoms with van der Waals surface area (Å²) in [7, 11) is 0. The van der Waals surface area contributed by atoms with E-state index in [1.54, 1.807) is 18.3 Å². The van der Waals surface area contributed by atoms with Crippen LogP contribution >= 0.6 is 11.3 Å². The van der Waals surface area contributed by atoms with E-state index in [4.69, 9.17) is 0 Å². The van der Waals surface area contributed by atoms with Crippen LogP contribution in [0.4, 0.5) is 5.69 Å². The van der Waals surface area contributed by atoms with Crippen LogP contribution in [0.25, 0.3) is 10.4 Å². The van der Waals surface area contributed by atoms with E-state index in [0.717, 1.165) is 36.4 Å². The molecule has 1 N–H and O–H groups in total. The number of rotatable bonds is 4. The standard InChI is InChI=1S/C18H20N4O3S/c1-11-16(13-6-8-21(11)9-7-13)20-17(23)18-19-10-15(26-18)12-2-4-14(5-3-12)22(24)25/h2-5,10-11,13,16H,6-9H2,1H3,(H,20,23)/t11-,16-/m0/s1. The summed E-state index contributed by atoms with van der Waals surface area (Å²) in [6.45, 7) is 4.43. The van der Waals surface area contributed by atoms with Gasteiger partial charge >= 0.3 is 0 Å². The Morgan fingerprint density at radius 1 is 1.31 bits per heavy atom. The highest BCUT2D eigenvalue weighted by atomic mass is 32.1. The number of nitro benzene ring substituents is 1. The van der Waals surface area contributed by atoms with E-state index in [9.17, 15) is 14.9 Å². The SMILES string of the molecule is C[C@H]1[C@H](NC(=O)c2ncc(-c3ccc([N+](=O)[O-])cc3)s2)C2CCN1CC2. The van der Waals surface area contributed by atoms with E-state index >= 15 is 0 Å². The first kappa shape index (κ1) is 17.1. The number of aromatic nitrogens is 1. The predicted octanol–water partition coefficient (Wildman–Crippen LogP) is 2.93. The first-order valence-corrected chi connectivity index (χ1v) is 9.60. The number of benzene rings is 1. The molecule has 1 aromatic heterocycles. The van der Waals surface area contributed by atoms with Crippen LogP contribution in [-0.4, -0.2) is 45.9 Å². The van der Waals surface area contributed by atoms with Crippen molar-refractivity contribution in [3.05, 3.63) is 45.6 Å². The largest absolute Gasteiger partial charge is 0.345 e. The Morgan fingerprint density at radius 2 is 2.00 bits per heavy atom. The molecule has 0 radical (unpaired) electrons. The smallest absolute Gasteiger partial charge is 0.280 e. The van der Waals surface area contributed by atoms with Gasteiger partial charge in [0.15, 0.2) is 5.01 Å². The molecule has 2 aromatic rings. The number of thiazole rings is 1. The van der Waals surface area contributed by atoms with Gasteiger partial charge in [-0.3, -0.25) is 19.8 Å². The summed E-state index contributed by atoms with van der Waals surface area (Å²) in [5.74, 6) is 0.418. The minimum Gasteiger partial charge on any atom is -0.345 e. The molecule has 4 heterocycles. The van der Waals surface area contributed by atoms with Crippen molar-refractivity contribution in [1.82, 2.24) is 15.2 Å². The predicted molar refractivity (Wildman–Crippen MR) is 99.2 cm³/mol. The first-order chi connectivity index (χ1) is 12.5. The van der Waals surface area contributed by atoms with Gasteiger partial charge in [0.05, 0.1) is 9.80 Å². The average molecular weight is 372 g/mol. The maximum absolute atomic E-state index is 12.7. The normalized spacial score (nSPS) is 27.3. The number of piperidine rings is 3. The molecule has 2 bridgehead atoms. The van der Waals surface area contributed by atoms with E-state index < -0.39 is 4.92 Å². The van der Waals surface area contributed by atoms with Crippen molar-refractivity contribution in [2.45, 2.75) is 31.8 Å². The van der Waals surface area contributed by atoms with Crippen molar-refractivity contribution in [3.63, 3.8) is 0 Å². The molecule has 0 saturated carbocycles. The van der Waals surface area contributed by atoms with Gasteiger partial charge < -0.3 is 5.32 Å². The third-order valence-corrected chi connectivity index (χ3v) is 6.58. The lowest BCUT2D eigenvalue weighted by Crippen LogP contribution is -2.62. The minimum atomic E-state index is -0.426. The van der Waals surface area contributed by atoms with Crippen LogP contribution in [0.1, 0.15) is 29.6 Å². The number of hydrogen-bond acceptors (Lipinski definition) is 6. The van der Waals surface area contributed by atoms with Gasteiger partial charge in [-0.25, -0.2) is 4.98 Å². The highest BCUT2D eigenvalue weighted by Gasteiger charge is 2.40. The van der Waals surface area contributed by atoms with E-state index in [2.05, 4.69) is 22.1 Å². The van der Waals surface area contributed by atoms with Crippen molar-refractivity contribution in [2.24, 2.45) is 5.92 Å². The molecule has 7 nitrogen and oxygen atoms in total. The summed E-state index contributed by atoms with van der Waals surface area (Å²) in [5.41, 5.74) is 0.871. The lowest BCUT2D eigenvalue weighted by molar-refractivity contribution is -0.384. The molecular formula is C18H20N4O3S. The molecule has 0 unspecified atom stereocenters. The summed E-state index contributed by atoms with van der Waals surface area (Å²) in [6, 6.07) is 6.83. The van der Waals surface area contributed by atoms with Gasteiger partial charge in [-0.15, -0.1) is 11.3 Å². The molecule has 136 valence electrons. The molecule has 0 spiro atoms. The summed E-state index contributed by atoms with van der Waals surface area (Å²) in [4.78, 5) is 30.5. The molecule has 2 atom stereocenters. The van der Waals surface area contributed by atoms with Crippen LogP contribution in [0.15, 0.2) is 30.5 Å². The van der Waals surface area contributed by atoms with Crippen molar-refractivity contribution in [2.75, 3.05) is 13.1 Å². The van der Waals surface area contributed by atoms with Crippen molar-refractivity contribution >= 4 is 22.9 Å². The summed E-state index contributed by atoms with van der Waals surface area (Å²) < 4.78 is 0. The lowest BCUT2D eigenvalue weighted by atomic mass is 9.79. The highest BCUT2D eigenvalue weighted by molar-refractivity contribution is 7.16. The van der Waals surface area contributed by atoms with Crippen molar-refractivity contribution < 1.29 is 9.72 Å². The van der Waals surface area contributed by atoms with Gasteiger partial charge in [-0.1, -0.05) is 0 Å². The molecule has 8 heteroatoms. The molecule has 1 aromatic carbocycles. The fourth-order valence-corrected chi connectivity index (χ4v) is 4.84. The second-order valence-corrected chi connectivity index (χ2v) is 7.98. The van der Waals surface area contributed by atoms with Crippen LogP contribution in [-0.2, 0) is 0 Å². The molecule has 3 fully saturated rings. The number of carbonyl (C=O) groups excluding carboxylic acids is 1. The van der Waals surface area contributed by atoms with Crippen LogP contribution in [0, 0.1) is 16.0 Å². The Balaban J connectivity index is 1.47. The van der Waals surface area contributed by atoms with Gasteiger partial charge in [0.1, 0.15) is 0 Å². The van der Waals surface area contributed by atoms with Gasteiger partial charge in [0.2, 0.25) is 0 Å². The van der Waals surface area contributed by atoms with Crippen LogP contribution in [0.2, 0.25) is 0 Å². The average Bonchev–Trinajstić information content (AvgIpc) is 3.15. The minimum absolute atomic E-state index is 0.0487. The Hall–Kier alpha value is -2.32. The van der Waals surface area contributed by atoms with Gasteiger partial charge in [-0.05, 0) is 56.5 Å². The molecule has 3 saturated heterocycles. The number of hydrogen-bond donors (Lipinski definition) is 1. The highest BCUT2D eigenvalue weighted by Crippen LogP contribution is 2.33. The molecule has 3 aliphatic heterocycles. The Kier molecular flexibility index (Phi) is 4.46. The van der Waals surface area contributed by atoms with Gasteiger partial charge in [-0.2, -0.15) is 0 Å². The quantitative estimate of drug-likeness (QED) is 0.658. The first-order valence-electron chi connectivity index (χ1n) is 8.78. The third-order valence-electron chi connectivity index (χ3n) is 5.54. The maximum Gasteiger partial charge on any atom is 0.280 e. The fourth-order valence-electron chi connectivity index (χ4n) is 4.02.